The van der Waals surface area contributed by atoms with E-state index in [1.807, 2.05) is 6.07 Å². The molecule has 2 nitrogen and oxygen atoms in total. The molecule has 1 saturated carbocycles. The van der Waals surface area contributed by atoms with Crippen LogP contribution in [0.4, 0.5) is 4.39 Å². The standard InChI is InChI=1S/C14H17FN2/c1-17(2)8-10-6-12(10)14-7-9-5-11(15)3-4-13(9)16-14/h3-5,7,10,12,16H,6,8H2,1-2H3/t10-,12+/m0/s1. The van der Waals surface area contributed by atoms with Gasteiger partial charge in [0, 0.05) is 29.1 Å². The topological polar surface area (TPSA) is 19.0 Å². The van der Waals surface area contributed by atoms with E-state index in [0.29, 0.717) is 5.92 Å². The second-order valence-corrected chi connectivity index (χ2v) is 5.32. The summed E-state index contributed by atoms with van der Waals surface area (Å²) in [5.74, 6) is 1.22. The second kappa shape index (κ2) is 3.84. The molecule has 90 valence electrons. The van der Waals surface area contributed by atoms with E-state index in [2.05, 4.69) is 30.0 Å². The summed E-state index contributed by atoms with van der Waals surface area (Å²) in [5, 5.41) is 0.982. The zero-order valence-corrected chi connectivity index (χ0v) is 10.2. The van der Waals surface area contributed by atoms with Gasteiger partial charge in [0.25, 0.3) is 0 Å². The lowest BCUT2D eigenvalue weighted by molar-refractivity contribution is 0.385. The summed E-state index contributed by atoms with van der Waals surface area (Å²) in [4.78, 5) is 5.63. The van der Waals surface area contributed by atoms with Gasteiger partial charge in [-0.15, -0.1) is 0 Å². The van der Waals surface area contributed by atoms with Crippen molar-refractivity contribution < 1.29 is 4.39 Å². The van der Waals surface area contributed by atoms with Crippen LogP contribution < -0.4 is 0 Å². The highest BCUT2D eigenvalue weighted by atomic mass is 19.1. The van der Waals surface area contributed by atoms with Gasteiger partial charge in [0.1, 0.15) is 5.82 Å². The Labute approximate surface area is 100 Å². The first kappa shape index (κ1) is 10.8. The third-order valence-corrected chi connectivity index (χ3v) is 3.53. The van der Waals surface area contributed by atoms with Crippen LogP contribution in [0.25, 0.3) is 10.9 Å². The smallest absolute Gasteiger partial charge is 0.123 e. The highest BCUT2D eigenvalue weighted by Gasteiger charge is 2.39. The van der Waals surface area contributed by atoms with Crippen molar-refractivity contribution in [1.29, 1.82) is 0 Å². The Morgan fingerprint density at radius 2 is 2.18 bits per heavy atom. The molecule has 1 aliphatic rings. The van der Waals surface area contributed by atoms with Crippen LogP contribution in [0.5, 0.6) is 0 Å². The van der Waals surface area contributed by atoms with Gasteiger partial charge in [-0.3, -0.25) is 0 Å². The van der Waals surface area contributed by atoms with Crippen LogP contribution in [0, 0.1) is 11.7 Å². The first-order valence-electron chi connectivity index (χ1n) is 6.06. The van der Waals surface area contributed by atoms with Crippen molar-refractivity contribution in [3.63, 3.8) is 0 Å². The molecule has 0 spiro atoms. The molecule has 1 N–H and O–H groups in total. The summed E-state index contributed by atoms with van der Waals surface area (Å²) in [7, 11) is 4.21. The van der Waals surface area contributed by atoms with Gasteiger partial charge in [0.05, 0.1) is 0 Å². The Kier molecular flexibility index (Phi) is 2.44. The lowest BCUT2D eigenvalue weighted by atomic mass is 10.2. The summed E-state index contributed by atoms with van der Waals surface area (Å²) < 4.78 is 13.1. The largest absolute Gasteiger partial charge is 0.358 e. The van der Waals surface area contributed by atoms with Crippen molar-refractivity contribution in [3.05, 3.63) is 35.8 Å². The summed E-state index contributed by atoms with van der Waals surface area (Å²) in [6, 6.07) is 7.02. The van der Waals surface area contributed by atoms with E-state index in [1.54, 1.807) is 6.07 Å². The number of aromatic amines is 1. The molecule has 0 radical (unpaired) electrons. The number of H-pyrrole nitrogens is 1. The first-order chi connectivity index (χ1) is 8.13. The van der Waals surface area contributed by atoms with Crippen molar-refractivity contribution in [3.8, 4) is 0 Å². The lowest BCUT2D eigenvalue weighted by Gasteiger charge is -2.07. The molecule has 1 aromatic carbocycles. The Morgan fingerprint density at radius 1 is 1.35 bits per heavy atom. The number of nitrogens with zero attached hydrogens (tertiary/aromatic N) is 1. The van der Waals surface area contributed by atoms with Crippen LogP contribution in [-0.4, -0.2) is 30.5 Å². The van der Waals surface area contributed by atoms with Gasteiger partial charge in [-0.05, 0) is 50.7 Å². The van der Waals surface area contributed by atoms with Crippen LogP contribution in [0.3, 0.4) is 0 Å². The highest BCUT2D eigenvalue weighted by Crippen LogP contribution is 2.47. The van der Waals surface area contributed by atoms with E-state index in [1.165, 1.54) is 18.2 Å². The van der Waals surface area contributed by atoms with Gasteiger partial charge in [0.15, 0.2) is 0 Å². The molecule has 17 heavy (non-hydrogen) atoms. The zero-order chi connectivity index (χ0) is 12.0. The molecular formula is C14H17FN2. The van der Waals surface area contributed by atoms with Gasteiger partial charge in [-0.2, -0.15) is 0 Å². The van der Waals surface area contributed by atoms with Crippen molar-refractivity contribution in [2.24, 2.45) is 5.92 Å². The summed E-state index contributed by atoms with van der Waals surface area (Å²) in [5.41, 5.74) is 2.30. The van der Waals surface area contributed by atoms with Gasteiger partial charge < -0.3 is 9.88 Å². The lowest BCUT2D eigenvalue weighted by Crippen LogP contribution is -2.15. The maximum absolute atomic E-state index is 13.1. The van der Waals surface area contributed by atoms with E-state index in [-0.39, 0.29) is 5.82 Å². The van der Waals surface area contributed by atoms with E-state index < -0.39 is 0 Å². The third kappa shape index (κ3) is 2.07. The quantitative estimate of drug-likeness (QED) is 0.862. The normalized spacial score (nSPS) is 23.5. The predicted octanol–water partition coefficient (Wildman–Crippen LogP) is 2.97. The van der Waals surface area contributed by atoms with Crippen LogP contribution in [-0.2, 0) is 0 Å². The van der Waals surface area contributed by atoms with Crippen molar-refractivity contribution in [1.82, 2.24) is 9.88 Å². The molecule has 0 saturated heterocycles. The van der Waals surface area contributed by atoms with Crippen molar-refractivity contribution in [2.45, 2.75) is 12.3 Å². The number of hydrogen-bond acceptors (Lipinski definition) is 1. The number of nitrogens with one attached hydrogen (secondary N) is 1. The SMILES string of the molecule is CN(C)C[C@@H]1C[C@H]1c1cc2cc(F)ccc2[nH]1. The zero-order valence-electron chi connectivity index (χ0n) is 10.2. The molecule has 3 rings (SSSR count). The average Bonchev–Trinajstić information content (AvgIpc) is 2.88. The second-order valence-electron chi connectivity index (χ2n) is 5.32. The third-order valence-electron chi connectivity index (χ3n) is 3.53. The molecule has 0 bridgehead atoms. The monoisotopic (exact) mass is 232 g/mol. The summed E-state index contributed by atoms with van der Waals surface area (Å²) >= 11 is 0. The number of rotatable bonds is 3. The first-order valence-corrected chi connectivity index (χ1v) is 6.06. The minimum absolute atomic E-state index is 0.163. The van der Waals surface area contributed by atoms with Crippen molar-refractivity contribution >= 4 is 10.9 Å². The summed E-state index contributed by atoms with van der Waals surface area (Å²) in [6.07, 6.45) is 1.24. The Bertz CT molecular complexity index is 544. The molecule has 1 heterocycles. The number of fused-ring (bicyclic) bond motifs is 1. The fourth-order valence-corrected chi connectivity index (χ4v) is 2.62. The molecular weight excluding hydrogens is 215 g/mol. The van der Waals surface area contributed by atoms with Crippen LogP contribution in [0.2, 0.25) is 0 Å². The van der Waals surface area contributed by atoms with Gasteiger partial charge >= 0.3 is 0 Å². The predicted molar refractivity (Wildman–Crippen MR) is 67.7 cm³/mol. The highest BCUT2D eigenvalue weighted by molar-refractivity contribution is 5.80. The summed E-state index contributed by atoms with van der Waals surface area (Å²) in [6.45, 7) is 1.13. The van der Waals surface area contributed by atoms with Crippen LogP contribution in [0.15, 0.2) is 24.3 Å². The van der Waals surface area contributed by atoms with Gasteiger partial charge in [0.2, 0.25) is 0 Å². The maximum atomic E-state index is 13.1. The molecule has 0 amide bonds. The fraction of sp³-hybridized carbons (Fsp3) is 0.429. The molecule has 1 aliphatic carbocycles. The number of halogens is 1. The number of hydrogen-bond donors (Lipinski definition) is 1. The maximum Gasteiger partial charge on any atom is 0.123 e. The molecule has 0 unspecified atom stereocenters. The molecule has 1 fully saturated rings. The Balaban J connectivity index is 1.83. The number of aromatic nitrogens is 1. The van der Waals surface area contributed by atoms with E-state index in [4.69, 9.17) is 0 Å². The minimum Gasteiger partial charge on any atom is -0.358 e. The van der Waals surface area contributed by atoms with Crippen LogP contribution in [0.1, 0.15) is 18.0 Å². The number of benzene rings is 1. The van der Waals surface area contributed by atoms with Crippen LogP contribution >= 0.6 is 0 Å². The average molecular weight is 232 g/mol. The molecule has 2 aromatic rings. The van der Waals surface area contributed by atoms with Crippen molar-refractivity contribution in [2.75, 3.05) is 20.6 Å². The van der Waals surface area contributed by atoms with Gasteiger partial charge in [-0.25, -0.2) is 4.39 Å². The fourth-order valence-electron chi connectivity index (χ4n) is 2.62. The minimum atomic E-state index is -0.163. The van der Waals surface area contributed by atoms with Gasteiger partial charge in [-0.1, -0.05) is 0 Å². The Morgan fingerprint density at radius 3 is 2.94 bits per heavy atom. The molecule has 3 heteroatoms. The van der Waals surface area contributed by atoms with E-state index in [9.17, 15) is 4.39 Å². The van der Waals surface area contributed by atoms with E-state index in [0.717, 1.165) is 23.4 Å². The molecule has 0 aliphatic heterocycles. The van der Waals surface area contributed by atoms with E-state index >= 15 is 0 Å². The molecule has 2 atom stereocenters. The molecule has 1 aromatic heterocycles. The Hall–Kier alpha value is -1.35.